The second-order valence-corrected chi connectivity index (χ2v) is 9.84. The van der Waals surface area contributed by atoms with Crippen LogP contribution in [-0.2, 0) is 14.4 Å². The predicted molar refractivity (Wildman–Crippen MR) is 152 cm³/mol. The van der Waals surface area contributed by atoms with Crippen LogP contribution in [-0.4, -0.2) is 57.0 Å². The SMILES string of the molecule is CC(=O)Nc1ccc(N2C(=O)C(=O)/C(=C(\O)c3ccc4c(c3)N(C)CCO4)C2c2ccc(N(C)C)cc2)cc1. The molecule has 3 aromatic carbocycles. The molecule has 1 saturated heterocycles. The van der Waals surface area contributed by atoms with E-state index in [0.717, 1.165) is 11.4 Å². The van der Waals surface area contributed by atoms with Crippen molar-refractivity contribution >= 4 is 46.1 Å². The normalized spacial score (nSPS) is 18.0. The van der Waals surface area contributed by atoms with Crippen molar-refractivity contribution in [2.24, 2.45) is 0 Å². The molecule has 0 bridgehead atoms. The molecule has 1 atom stereocenters. The van der Waals surface area contributed by atoms with Crippen LogP contribution in [0.2, 0.25) is 0 Å². The van der Waals surface area contributed by atoms with Crippen LogP contribution in [0.15, 0.2) is 72.3 Å². The van der Waals surface area contributed by atoms with E-state index < -0.39 is 17.7 Å². The largest absolute Gasteiger partial charge is 0.507 e. The standard InChI is InChI=1S/C30H30N4O5/c1-18(35)31-21-8-12-23(13-9-21)34-27(19-5-10-22(11-6-19)32(2)3)26(29(37)30(34)38)28(36)20-7-14-25-24(17-20)33(4)15-16-39-25/h5-14,17,27,36H,15-16H2,1-4H3,(H,31,35)/b28-26-. The maximum absolute atomic E-state index is 13.5. The van der Waals surface area contributed by atoms with Gasteiger partial charge in [-0.05, 0) is 60.2 Å². The molecular weight excluding hydrogens is 496 g/mol. The third-order valence-corrected chi connectivity index (χ3v) is 6.96. The smallest absolute Gasteiger partial charge is 0.300 e. The first-order valence-electron chi connectivity index (χ1n) is 12.6. The molecule has 9 nitrogen and oxygen atoms in total. The van der Waals surface area contributed by atoms with E-state index in [4.69, 9.17) is 4.74 Å². The molecule has 3 aromatic rings. The van der Waals surface area contributed by atoms with E-state index in [1.807, 2.05) is 55.2 Å². The number of nitrogens with zero attached hydrogens (tertiary/aromatic N) is 3. The summed E-state index contributed by atoms with van der Waals surface area (Å²) in [5.74, 6) is -1.30. The van der Waals surface area contributed by atoms with Gasteiger partial charge in [0.05, 0.1) is 23.8 Å². The van der Waals surface area contributed by atoms with Gasteiger partial charge in [0.15, 0.2) is 0 Å². The Bertz CT molecular complexity index is 1480. The summed E-state index contributed by atoms with van der Waals surface area (Å²) < 4.78 is 5.72. The summed E-state index contributed by atoms with van der Waals surface area (Å²) in [6.45, 7) is 2.66. The zero-order valence-corrected chi connectivity index (χ0v) is 22.3. The number of likely N-dealkylation sites (N-methyl/N-ethyl adjacent to an activating group) is 1. The molecule has 2 N–H and O–H groups in total. The van der Waals surface area contributed by atoms with Crippen LogP contribution in [0.5, 0.6) is 5.75 Å². The first kappa shape index (κ1) is 25.8. The Kier molecular flexibility index (Phi) is 6.74. The molecule has 0 spiro atoms. The summed E-state index contributed by atoms with van der Waals surface area (Å²) in [4.78, 5) is 43.8. The highest BCUT2D eigenvalue weighted by atomic mass is 16.5. The Morgan fingerprint density at radius 3 is 2.36 bits per heavy atom. The number of amides is 2. The summed E-state index contributed by atoms with van der Waals surface area (Å²) in [6.07, 6.45) is 0. The summed E-state index contributed by atoms with van der Waals surface area (Å²) in [6, 6.07) is 18.5. The van der Waals surface area contributed by atoms with Gasteiger partial charge in [0.2, 0.25) is 5.91 Å². The van der Waals surface area contributed by atoms with Crippen molar-refractivity contribution in [3.8, 4) is 5.75 Å². The Hall–Kier alpha value is -4.79. The van der Waals surface area contributed by atoms with Crippen molar-refractivity contribution in [3.63, 3.8) is 0 Å². The Morgan fingerprint density at radius 2 is 1.72 bits per heavy atom. The number of ether oxygens (including phenoxy) is 1. The number of aliphatic hydroxyl groups excluding tert-OH is 1. The molecule has 2 heterocycles. The quantitative estimate of drug-likeness (QED) is 0.292. The molecule has 0 saturated carbocycles. The number of benzene rings is 3. The van der Waals surface area contributed by atoms with Crippen molar-refractivity contribution in [1.82, 2.24) is 0 Å². The fourth-order valence-corrected chi connectivity index (χ4v) is 4.93. The van der Waals surface area contributed by atoms with Gasteiger partial charge < -0.3 is 25.0 Å². The van der Waals surface area contributed by atoms with Crippen LogP contribution in [0.1, 0.15) is 24.1 Å². The minimum Gasteiger partial charge on any atom is -0.507 e. The molecule has 1 unspecified atom stereocenters. The van der Waals surface area contributed by atoms with Crippen LogP contribution in [0, 0.1) is 0 Å². The average Bonchev–Trinajstić information content (AvgIpc) is 3.18. The van der Waals surface area contributed by atoms with Crippen molar-refractivity contribution in [3.05, 3.63) is 83.4 Å². The van der Waals surface area contributed by atoms with Crippen molar-refractivity contribution in [1.29, 1.82) is 0 Å². The molecule has 2 aliphatic rings. The fraction of sp³-hybridized carbons (Fsp3) is 0.233. The highest BCUT2D eigenvalue weighted by Crippen LogP contribution is 2.43. The van der Waals surface area contributed by atoms with Gasteiger partial charge in [-0.1, -0.05) is 12.1 Å². The molecule has 200 valence electrons. The molecule has 2 aliphatic heterocycles. The van der Waals surface area contributed by atoms with Crippen LogP contribution >= 0.6 is 0 Å². The van der Waals surface area contributed by atoms with Gasteiger partial charge in [0, 0.05) is 50.7 Å². The molecule has 0 aromatic heterocycles. The summed E-state index contributed by atoms with van der Waals surface area (Å²) in [7, 11) is 5.78. The lowest BCUT2D eigenvalue weighted by Crippen LogP contribution is -2.29. The molecule has 39 heavy (non-hydrogen) atoms. The van der Waals surface area contributed by atoms with Gasteiger partial charge in [-0.15, -0.1) is 0 Å². The van der Waals surface area contributed by atoms with E-state index in [-0.39, 0.29) is 17.2 Å². The van der Waals surface area contributed by atoms with E-state index in [1.54, 1.807) is 42.5 Å². The second kappa shape index (κ2) is 10.2. The monoisotopic (exact) mass is 526 g/mol. The number of fused-ring (bicyclic) bond motifs is 1. The highest BCUT2D eigenvalue weighted by Gasteiger charge is 2.47. The van der Waals surface area contributed by atoms with Gasteiger partial charge >= 0.3 is 0 Å². The summed E-state index contributed by atoms with van der Waals surface area (Å²) in [5.41, 5.74) is 3.86. The lowest BCUT2D eigenvalue weighted by molar-refractivity contribution is -0.132. The van der Waals surface area contributed by atoms with Crippen LogP contribution in [0.25, 0.3) is 5.76 Å². The molecule has 0 aliphatic carbocycles. The number of anilines is 4. The number of carbonyl (C=O) groups is 3. The van der Waals surface area contributed by atoms with Crippen LogP contribution in [0.4, 0.5) is 22.7 Å². The highest BCUT2D eigenvalue weighted by molar-refractivity contribution is 6.51. The fourth-order valence-electron chi connectivity index (χ4n) is 4.93. The zero-order chi connectivity index (χ0) is 27.8. The maximum atomic E-state index is 13.5. The Balaban J connectivity index is 1.65. The van der Waals surface area contributed by atoms with Crippen molar-refractivity contribution in [2.75, 3.05) is 54.3 Å². The van der Waals surface area contributed by atoms with Crippen LogP contribution < -0.4 is 24.8 Å². The van der Waals surface area contributed by atoms with Crippen LogP contribution in [0.3, 0.4) is 0 Å². The molecule has 9 heteroatoms. The maximum Gasteiger partial charge on any atom is 0.300 e. The molecule has 1 fully saturated rings. The third kappa shape index (κ3) is 4.79. The van der Waals surface area contributed by atoms with Gasteiger partial charge in [-0.3, -0.25) is 19.3 Å². The van der Waals surface area contributed by atoms with Gasteiger partial charge in [-0.2, -0.15) is 0 Å². The predicted octanol–water partition coefficient (Wildman–Crippen LogP) is 4.17. The van der Waals surface area contributed by atoms with E-state index in [1.165, 1.54) is 11.8 Å². The number of carbonyl (C=O) groups excluding carboxylic acids is 3. The van der Waals surface area contributed by atoms with E-state index in [9.17, 15) is 19.5 Å². The Morgan fingerprint density at radius 1 is 1.03 bits per heavy atom. The number of hydrogen-bond acceptors (Lipinski definition) is 7. The minimum absolute atomic E-state index is 0.00266. The molecule has 0 radical (unpaired) electrons. The van der Waals surface area contributed by atoms with E-state index in [0.29, 0.717) is 41.4 Å². The van der Waals surface area contributed by atoms with Crippen molar-refractivity contribution in [2.45, 2.75) is 13.0 Å². The summed E-state index contributed by atoms with van der Waals surface area (Å²) in [5, 5.41) is 14.2. The second-order valence-electron chi connectivity index (χ2n) is 9.84. The van der Waals surface area contributed by atoms with E-state index in [2.05, 4.69) is 5.32 Å². The topological polar surface area (TPSA) is 102 Å². The number of hydrogen-bond donors (Lipinski definition) is 2. The first-order valence-corrected chi connectivity index (χ1v) is 12.6. The lowest BCUT2D eigenvalue weighted by atomic mass is 9.94. The van der Waals surface area contributed by atoms with Gasteiger partial charge in [-0.25, -0.2) is 0 Å². The molecule has 5 rings (SSSR count). The first-order chi connectivity index (χ1) is 18.7. The number of ketones is 1. The van der Waals surface area contributed by atoms with Gasteiger partial charge in [0.1, 0.15) is 18.1 Å². The number of rotatable bonds is 5. The van der Waals surface area contributed by atoms with E-state index >= 15 is 0 Å². The summed E-state index contributed by atoms with van der Waals surface area (Å²) >= 11 is 0. The Labute approximate surface area is 226 Å². The average molecular weight is 527 g/mol. The lowest BCUT2D eigenvalue weighted by Gasteiger charge is -2.28. The van der Waals surface area contributed by atoms with Crippen molar-refractivity contribution < 1.29 is 24.2 Å². The number of aliphatic hydroxyl groups is 1. The number of Topliss-reactive ketones (excluding diaryl/α,β-unsaturated/α-hetero) is 1. The number of nitrogens with one attached hydrogen (secondary N) is 1. The third-order valence-electron chi connectivity index (χ3n) is 6.96. The zero-order valence-electron chi connectivity index (χ0n) is 22.3. The van der Waals surface area contributed by atoms with Gasteiger partial charge in [0.25, 0.3) is 11.7 Å². The molecular formula is C30H30N4O5. The molecule has 2 amide bonds. The minimum atomic E-state index is -0.863.